The van der Waals surface area contributed by atoms with Crippen molar-refractivity contribution in [2.45, 2.75) is 19.8 Å². The van der Waals surface area contributed by atoms with Crippen molar-refractivity contribution < 1.29 is 0 Å². The Balaban J connectivity index is 1.55. The van der Waals surface area contributed by atoms with Crippen LogP contribution in [0.2, 0.25) is 0 Å². The summed E-state index contributed by atoms with van der Waals surface area (Å²) in [5.41, 5.74) is 10.5. The van der Waals surface area contributed by atoms with Crippen LogP contribution >= 0.6 is 0 Å². The van der Waals surface area contributed by atoms with Crippen LogP contribution in [0.4, 0.5) is 17.1 Å². The highest BCUT2D eigenvalue weighted by Gasteiger charge is 2.23. The average Bonchev–Trinajstić information content (AvgIpc) is 3.23. The van der Waals surface area contributed by atoms with Crippen LogP contribution in [0.5, 0.6) is 0 Å². The predicted molar refractivity (Wildman–Crippen MR) is 134 cm³/mol. The smallest absolute Gasteiger partial charge is 0.0702 e. The highest BCUT2D eigenvalue weighted by atomic mass is 15.3. The van der Waals surface area contributed by atoms with Gasteiger partial charge >= 0.3 is 0 Å². The Kier molecular flexibility index (Phi) is 4.76. The van der Waals surface area contributed by atoms with Gasteiger partial charge in [-0.15, -0.1) is 0 Å². The van der Waals surface area contributed by atoms with Crippen molar-refractivity contribution in [1.29, 1.82) is 0 Å². The van der Waals surface area contributed by atoms with Gasteiger partial charge < -0.3 is 4.90 Å². The molecule has 0 bridgehead atoms. The maximum Gasteiger partial charge on any atom is 0.0702 e. The van der Waals surface area contributed by atoms with Crippen LogP contribution in [-0.4, -0.2) is 14.8 Å². The van der Waals surface area contributed by atoms with Crippen LogP contribution in [0.15, 0.2) is 104 Å². The van der Waals surface area contributed by atoms with Crippen molar-refractivity contribution >= 4 is 17.1 Å². The number of anilines is 3. The lowest BCUT2D eigenvalue weighted by Gasteiger charge is -2.28. The van der Waals surface area contributed by atoms with Crippen molar-refractivity contribution in [3.8, 4) is 16.9 Å². The molecule has 1 aliphatic rings. The molecule has 0 saturated heterocycles. The molecular weight excluding hydrogens is 404 g/mol. The Hall–Kier alpha value is -4.18. The van der Waals surface area contributed by atoms with Gasteiger partial charge in [-0.3, -0.25) is 4.98 Å². The minimum absolute atomic E-state index is 0.975. The van der Waals surface area contributed by atoms with Crippen LogP contribution in [-0.2, 0) is 12.8 Å². The van der Waals surface area contributed by atoms with E-state index in [1.165, 1.54) is 22.5 Å². The molecule has 2 aromatic heterocycles. The molecule has 0 spiro atoms. The standard InChI is InChI=1S/C29H24N4/c1-21-19-31-32(20-21)25-15-14-23-13-12-22-7-2-3-11-28(22)33(29(23)18-25)26-9-6-8-24(17-26)27-10-4-5-16-30-27/h2-11,14-20H,12-13H2,1H3. The summed E-state index contributed by atoms with van der Waals surface area (Å²) in [5, 5.41) is 4.54. The number of pyridine rings is 1. The number of benzene rings is 3. The topological polar surface area (TPSA) is 34.0 Å². The van der Waals surface area contributed by atoms with Crippen molar-refractivity contribution in [3.63, 3.8) is 0 Å². The summed E-state index contributed by atoms with van der Waals surface area (Å²) in [6.07, 6.45) is 7.82. The molecule has 3 aromatic carbocycles. The third-order valence-electron chi connectivity index (χ3n) is 6.25. The number of aryl methyl sites for hydroxylation is 3. The summed E-state index contributed by atoms with van der Waals surface area (Å²) in [7, 11) is 0. The Bertz CT molecular complexity index is 1440. The van der Waals surface area contributed by atoms with Gasteiger partial charge in [0.05, 0.1) is 23.3 Å². The first kappa shape index (κ1) is 19.5. The van der Waals surface area contributed by atoms with Gasteiger partial charge in [-0.1, -0.05) is 42.5 Å². The molecule has 3 heterocycles. The van der Waals surface area contributed by atoms with E-state index in [9.17, 15) is 0 Å². The van der Waals surface area contributed by atoms with Crippen molar-refractivity contribution in [2.75, 3.05) is 4.90 Å². The van der Waals surface area contributed by atoms with Crippen molar-refractivity contribution in [1.82, 2.24) is 14.8 Å². The number of fused-ring (bicyclic) bond motifs is 2. The van der Waals surface area contributed by atoms with Gasteiger partial charge in [0, 0.05) is 29.3 Å². The highest BCUT2D eigenvalue weighted by molar-refractivity contribution is 5.84. The zero-order chi connectivity index (χ0) is 22.2. The zero-order valence-corrected chi connectivity index (χ0v) is 18.5. The fourth-order valence-corrected chi connectivity index (χ4v) is 4.62. The zero-order valence-electron chi connectivity index (χ0n) is 18.5. The number of nitrogens with zero attached hydrogens (tertiary/aromatic N) is 4. The molecule has 4 nitrogen and oxygen atoms in total. The van der Waals surface area contributed by atoms with Crippen LogP contribution in [0.3, 0.4) is 0 Å². The second-order valence-corrected chi connectivity index (χ2v) is 8.50. The molecule has 33 heavy (non-hydrogen) atoms. The second-order valence-electron chi connectivity index (χ2n) is 8.50. The quantitative estimate of drug-likeness (QED) is 0.316. The monoisotopic (exact) mass is 428 g/mol. The van der Waals surface area contributed by atoms with Crippen LogP contribution in [0.1, 0.15) is 16.7 Å². The molecule has 6 rings (SSSR count). The third kappa shape index (κ3) is 3.60. The third-order valence-corrected chi connectivity index (χ3v) is 6.25. The van der Waals surface area contributed by atoms with Gasteiger partial charge in [-0.2, -0.15) is 5.10 Å². The summed E-state index contributed by atoms with van der Waals surface area (Å²) >= 11 is 0. The van der Waals surface area contributed by atoms with E-state index < -0.39 is 0 Å². The first-order valence-electron chi connectivity index (χ1n) is 11.3. The number of rotatable bonds is 3. The lowest BCUT2D eigenvalue weighted by Crippen LogP contribution is -2.12. The van der Waals surface area contributed by atoms with E-state index in [2.05, 4.69) is 101 Å². The van der Waals surface area contributed by atoms with E-state index in [-0.39, 0.29) is 0 Å². The normalized spacial score (nSPS) is 12.7. The van der Waals surface area contributed by atoms with E-state index in [0.717, 1.165) is 41.0 Å². The molecule has 4 heteroatoms. The molecule has 0 fully saturated rings. The maximum atomic E-state index is 4.57. The van der Waals surface area contributed by atoms with Gasteiger partial charge in [-0.05, 0) is 78.9 Å². The predicted octanol–water partition coefficient (Wildman–Crippen LogP) is 6.81. The molecule has 0 aliphatic carbocycles. The lowest BCUT2D eigenvalue weighted by atomic mass is 10.0. The van der Waals surface area contributed by atoms with Crippen LogP contribution < -0.4 is 4.90 Å². The minimum atomic E-state index is 0.975. The first-order valence-corrected chi connectivity index (χ1v) is 11.3. The number of aromatic nitrogens is 3. The van der Waals surface area contributed by atoms with Crippen LogP contribution in [0, 0.1) is 6.92 Å². The SMILES string of the molecule is Cc1cnn(-c2ccc3c(c2)N(c2cccc(-c4ccccn4)c2)c2ccccc2CC3)c1. The fourth-order valence-electron chi connectivity index (χ4n) is 4.62. The maximum absolute atomic E-state index is 4.57. The van der Waals surface area contributed by atoms with Gasteiger partial charge in [0.2, 0.25) is 0 Å². The highest BCUT2D eigenvalue weighted by Crippen LogP contribution is 2.43. The Morgan fingerprint density at radius 1 is 0.727 bits per heavy atom. The molecule has 0 atom stereocenters. The summed E-state index contributed by atoms with van der Waals surface area (Å²) < 4.78 is 1.95. The van der Waals surface area contributed by atoms with Gasteiger partial charge in [0.15, 0.2) is 0 Å². The lowest BCUT2D eigenvalue weighted by molar-refractivity contribution is 0.877. The van der Waals surface area contributed by atoms with Gasteiger partial charge in [0.25, 0.3) is 0 Å². The first-order chi connectivity index (χ1) is 16.3. The summed E-state index contributed by atoms with van der Waals surface area (Å²) in [6.45, 7) is 2.07. The van der Waals surface area contributed by atoms with Crippen LogP contribution in [0.25, 0.3) is 16.9 Å². The summed E-state index contributed by atoms with van der Waals surface area (Å²) in [4.78, 5) is 6.96. The van der Waals surface area contributed by atoms with Gasteiger partial charge in [-0.25, -0.2) is 4.68 Å². The Labute approximate surface area is 193 Å². The fraction of sp³-hybridized carbons (Fsp3) is 0.103. The Morgan fingerprint density at radius 2 is 1.58 bits per heavy atom. The average molecular weight is 429 g/mol. The molecule has 160 valence electrons. The molecule has 0 radical (unpaired) electrons. The molecule has 0 amide bonds. The van der Waals surface area contributed by atoms with E-state index in [0.29, 0.717) is 0 Å². The molecule has 5 aromatic rings. The summed E-state index contributed by atoms with van der Waals surface area (Å²) in [5.74, 6) is 0. The summed E-state index contributed by atoms with van der Waals surface area (Å²) in [6, 6.07) is 30.1. The van der Waals surface area contributed by atoms with E-state index >= 15 is 0 Å². The van der Waals surface area contributed by atoms with E-state index in [1.54, 1.807) is 0 Å². The number of hydrogen-bond acceptors (Lipinski definition) is 3. The second kappa shape index (κ2) is 8.06. The van der Waals surface area contributed by atoms with E-state index in [4.69, 9.17) is 0 Å². The largest absolute Gasteiger partial charge is 0.310 e. The molecule has 0 N–H and O–H groups in total. The van der Waals surface area contributed by atoms with Crippen molar-refractivity contribution in [2.24, 2.45) is 0 Å². The molecule has 1 aliphatic heterocycles. The Morgan fingerprint density at radius 3 is 2.39 bits per heavy atom. The molecule has 0 unspecified atom stereocenters. The number of para-hydroxylation sites is 1. The molecular formula is C29H24N4. The minimum Gasteiger partial charge on any atom is -0.310 e. The van der Waals surface area contributed by atoms with Gasteiger partial charge in [0.1, 0.15) is 0 Å². The number of hydrogen-bond donors (Lipinski definition) is 0. The molecule has 0 saturated carbocycles. The van der Waals surface area contributed by atoms with Crippen molar-refractivity contribution in [3.05, 3.63) is 120 Å². The van der Waals surface area contributed by atoms with E-state index in [1.807, 2.05) is 29.2 Å².